The van der Waals surface area contributed by atoms with E-state index in [2.05, 4.69) is 0 Å². The largest absolute Gasteiger partial charge is 0.376 e. The molecular formula is C14H24N2O4. The van der Waals surface area contributed by atoms with Gasteiger partial charge in [0.15, 0.2) is 6.10 Å². The Balaban J connectivity index is 2.02. The zero-order chi connectivity index (χ0) is 14.5. The Morgan fingerprint density at radius 3 is 2.60 bits per heavy atom. The second-order valence-corrected chi connectivity index (χ2v) is 5.13. The minimum atomic E-state index is -0.547. The fourth-order valence-electron chi connectivity index (χ4n) is 2.85. The van der Waals surface area contributed by atoms with Crippen molar-refractivity contribution in [3.8, 4) is 0 Å². The Labute approximate surface area is 120 Å². The van der Waals surface area contributed by atoms with Gasteiger partial charge in [0.1, 0.15) is 6.04 Å². The smallest absolute Gasteiger partial charge is 0.254 e. The molecule has 2 rings (SSSR count). The molecule has 20 heavy (non-hydrogen) atoms. The topological polar surface area (TPSA) is 59.1 Å². The molecule has 2 fully saturated rings. The van der Waals surface area contributed by atoms with Crippen molar-refractivity contribution in [2.45, 2.75) is 38.8 Å². The summed E-state index contributed by atoms with van der Waals surface area (Å²) in [7, 11) is 0. The summed E-state index contributed by atoms with van der Waals surface area (Å²) in [6.07, 6.45) is 1.07. The van der Waals surface area contributed by atoms with Gasteiger partial charge in [0.05, 0.1) is 19.8 Å². The Kier molecular flexibility index (Phi) is 5.37. The van der Waals surface area contributed by atoms with E-state index in [9.17, 15) is 9.59 Å². The first-order chi connectivity index (χ1) is 9.69. The van der Waals surface area contributed by atoms with Crippen LogP contribution in [0.3, 0.4) is 0 Å². The maximum absolute atomic E-state index is 12.5. The number of hydrogen-bond donors (Lipinski definition) is 0. The third kappa shape index (κ3) is 3.12. The van der Waals surface area contributed by atoms with Gasteiger partial charge in [-0.3, -0.25) is 9.59 Å². The van der Waals surface area contributed by atoms with E-state index < -0.39 is 6.10 Å². The Morgan fingerprint density at radius 1 is 1.25 bits per heavy atom. The van der Waals surface area contributed by atoms with Gasteiger partial charge in [-0.1, -0.05) is 0 Å². The Hall–Kier alpha value is -1.14. The van der Waals surface area contributed by atoms with Gasteiger partial charge in [0, 0.05) is 19.6 Å². The van der Waals surface area contributed by atoms with E-state index in [0.717, 1.165) is 12.8 Å². The monoisotopic (exact) mass is 284 g/mol. The van der Waals surface area contributed by atoms with E-state index in [0.29, 0.717) is 39.5 Å². The Morgan fingerprint density at radius 2 is 2.00 bits per heavy atom. The third-order valence-corrected chi connectivity index (χ3v) is 3.99. The average molecular weight is 284 g/mol. The molecule has 0 aromatic rings. The van der Waals surface area contributed by atoms with Crippen LogP contribution in [0.25, 0.3) is 0 Å². The first-order valence-electron chi connectivity index (χ1n) is 7.47. The van der Waals surface area contributed by atoms with Crippen molar-refractivity contribution in [3.05, 3.63) is 0 Å². The molecule has 0 N–H and O–H groups in total. The van der Waals surface area contributed by atoms with Crippen LogP contribution in [0.4, 0.5) is 0 Å². The van der Waals surface area contributed by atoms with Gasteiger partial charge in [-0.25, -0.2) is 0 Å². The number of nitrogens with zero attached hydrogens (tertiary/aromatic N) is 2. The van der Waals surface area contributed by atoms with E-state index in [1.807, 2.05) is 13.8 Å². The standard InChI is InChI=1S/C14H24N2O4/c1-3-15(4-2)13(17)11-6-5-7-16(11)14(18)12-10-19-8-9-20-12/h11-12H,3-10H2,1-2H3. The summed E-state index contributed by atoms with van der Waals surface area (Å²) in [5.41, 5.74) is 0. The first kappa shape index (κ1) is 15.3. The summed E-state index contributed by atoms with van der Waals surface area (Å²) < 4.78 is 10.7. The van der Waals surface area contributed by atoms with Crippen LogP contribution < -0.4 is 0 Å². The molecule has 0 aliphatic carbocycles. The number of likely N-dealkylation sites (N-methyl/N-ethyl adjacent to an activating group) is 1. The van der Waals surface area contributed by atoms with Crippen LogP contribution >= 0.6 is 0 Å². The maximum atomic E-state index is 12.5. The summed E-state index contributed by atoms with van der Waals surface area (Å²) in [6.45, 7) is 7.18. The summed E-state index contributed by atoms with van der Waals surface area (Å²) in [5.74, 6) is -0.0507. The second-order valence-electron chi connectivity index (χ2n) is 5.13. The highest BCUT2D eigenvalue weighted by atomic mass is 16.6. The van der Waals surface area contributed by atoms with Crippen LogP contribution in [0.15, 0.2) is 0 Å². The molecular weight excluding hydrogens is 260 g/mol. The van der Waals surface area contributed by atoms with Crippen LogP contribution in [0.1, 0.15) is 26.7 Å². The Bertz CT molecular complexity index is 351. The number of ether oxygens (including phenoxy) is 2. The van der Waals surface area contributed by atoms with Crippen molar-refractivity contribution in [2.24, 2.45) is 0 Å². The lowest BCUT2D eigenvalue weighted by Crippen LogP contribution is -2.52. The first-order valence-corrected chi connectivity index (χ1v) is 7.47. The molecule has 2 atom stereocenters. The van der Waals surface area contributed by atoms with Crippen LogP contribution in [0.2, 0.25) is 0 Å². The molecule has 0 aromatic heterocycles. The second kappa shape index (κ2) is 7.04. The van der Waals surface area contributed by atoms with Gasteiger partial charge in [-0.05, 0) is 26.7 Å². The van der Waals surface area contributed by atoms with Gasteiger partial charge in [0.2, 0.25) is 5.91 Å². The lowest BCUT2D eigenvalue weighted by atomic mass is 10.1. The normalized spacial score (nSPS) is 26.6. The van der Waals surface area contributed by atoms with E-state index in [1.54, 1.807) is 9.80 Å². The van der Waals surface area contributed by atoms with Crippen molar-refractivity contribution < 1.29 is 19.1 Å². The van der Waals surface area contributed by atoms with Crippen LogP contribution in [0.5, 0.6) is 0 Å². The van der Waals surface area contributed by atoms with E-state index in [1.165, 1.54) is 0 Å². The van der Waals surface area contributed by atoms with Crippen LogP contribution in [-0.4, -0.2) is 73.2 Å². The zero-order valence-electron chi connectivity index (χ0n) is 12.3. The lowest BCUT2D eigenvalue weighted by molar-refractivity contribution is -0.162. The molecule has 6 nitrogen and oxygen atoms in total. The van der Waals surface area contributed by atoms with E-state index in [4.69, 9.17) is 9.47 Å². The van der Waals surface area contributed by atoms with Crippen molar-refractivity contribution in [2.75, 3.05) is 39.5 Å². The van der Waals surface area contributed by atoms with Crippen molar-refractivity contribution >= 4 is 11.8 Å². The van der Waals surface area contributed by atoms with Crippen molar-refractivity contribution in [3.63, 3.8) is 0 Å². The highest BCUT2D eigenvalue weighted by molar-refractivity contribution is 5.90. The van der Waals surface area contributed by atoms with Gasteiger partial charge in [0.25, 0.3) is 5.91 Å². The van der Waals surface area contributed by atoms with Crippen LogP contribution in [0, 0.1) is 0 Å². The molecule has 0 bridgehead atoms. The average Bonchev–Trinajstić information content (AvgIpc) is 2.98. The molecule has 2 aliphatic rings. The molecule has 2 aliphatic heterocycles. The summed E-state index contributed by atoms with van der Waals surface area (Å²) in [6, 6.07) is -0.326. The van der Waals surface area contributed by atoms with Crippen LogP contribution in [-0.2, 0) is 19.1 Å². The predicted molar refractivity (Wildman–Crippen MR) is 73.2 cm³/mol. The summed E-state index contributed by atoms with van der Waals surface area (Å²) in [4.78, 5) is 28.4. The number of carbonyl (C=O) groups excluding carboxylic acids is 2. The fourth-order valence-corrected chi connectivity index (χ4v) is 2.85. The minimum absolute atomic E-state index is 0.0533. The maximum Gasteiger partial charge on any atom is 0.254 e. The van der Waals surface area contributed by atoms with Crippen molar-refractivity contribution in [1.82, 2.24) is 9.80 Å². The zero-order valence-corrected chi connectivity index (χ0v) is 12.3. The van der Waals surface area contributed by atoms with Gasteiger partial charge in [-0.15, -0.1) is 0 Å². The summed E-state index contributed by atoms with van der Waals surface area (Å²) >= 11 is 0. The number of hydrogen-bond acceptors (Lipinski definition) is 4. The number of carbonyl (C=O) groups is 2. The molecule has 0 aromatic carbocycles. The van der Waals surface area contributed by atoms with Crippen molar-refractivity contribution in [1.29, 1.82) is 0 Å². The molecule has 0 radical (unpaired) electrons. The number of likely N-dealkylation sites (tertiary alicyclic amines) is 1. The fraction of sp³-hybridized carbons (Fsp3) is 0.857. The highest BCUT2D eigenvalue weighted by Crippen LogP contribution is 2.21. The molecule has 2 heterocycles. The SMILES string of the molecule is CCN(CC)C(=O)C1CCCN1C(=O)C1COCCO1. The van der Waals surface area contributed by atoms with Gasteiger partial charge in [-0.2, -0.15) is 0 Å². The minimum Gasteiger partial charge on any atom is -0.376 e. The van der Waals surface area contributed by atoms with Gasteiger partial charge >= 0.3 is 0 Å². The van der Waals surface area contributed by atoms with E-state index >= 15 is 0 Å². The van der Waals surface area contributed by atoms with Gasteiger partial charge < -0.3 is 19.3 Å². The molecule has 2 amide bonds. The predicted octanol–water partition coefficient (Wildman–Crippen LogP) is 0.261. The molecule has 2 unspecified atom stereocenters. The summed E-state index contributed by atoms with van der Waals surface area (Å²) in [5, 5.41) is 0. The number of amides is 2. The molecule has 6 heteroatoms. The molecule has 0 spiro atoms. The number of rotatable bonds is 4. The van der Waals surface area contributed by atoms with E-state index in [-0.39, 0.29) is 17.9 Å². The molecule has 114 valence electrons. The lowest BCUT2D eigenvalue weighted by Gasteiger charge is -2.32. The third-order valence-electron chi connectivity index (χ3n) is 3.99. The quantitative estimate of drug-likeness (QED) is 0.743. The molecule has 0 saturated carbocycles. The highest BCUT2D eigenvalue weighted by Gasteiger charge is 2.39. The molecule has 2 saturated heterocycles.